The van der Waals surface area contributed by atoms with Crippen molar-refractivity contribution >= 4 is 17.3 Å². The standard InChI is InChI=1S/C16H16N6O/c1-10-4-5-13(8-11(10)2)19-15-18-12(3)9-14-20-21(7-6-17)16(23)22(14)15/h4-5,8-9H,7H2,1-3H3,(H,18,19). The molecule has 2 heterocycles. The Hall–Kier alpha value is -3.14. The van der Waals surface area contributed by atoms with Gasteiger partial charge in [-0.3, -0.25) is 0 Å². The summed E-state index contributed by atoms with van der Waals surface area (Å²) in [7, 11) is 0. The van der Waals surface area contributed by atoms with Crippen LogP contribution in [0, 0.1) is 32.1 Å². The largest absolute Gasteiger partial charge is 0.354 e. The van der Waals surface area contributed by atoms with E-state index in [1.807, 2.05) is 45.0 Å². The summed E-state index contributed by atoms with van der Waals surface area (Å²) in [6.45, 7) is 5.80. The van der Waals surface area contributed by atoms with Crippen LogP contribution in [-0.2, 0) is 6.54 Å². The first kappa shape index (κ1) is 14.8. The van der Waals surface area contributed by atoms with Crippen LogP contribution >= 0.6 is 0 Å². The molecule has 1 N–H and O–H groups in total. The molecule has 116 valence electrons. The lowest BCUT2D eigenvalue weighted by Crippen LogP contribution is -2.22. The van der Waals surface area contributed by atoms with Crippen molar-refractivity contribution in [3.63, 3.8) is 0 Å². The molecule has 0 aliphatic carbocycles. The highest BCUT2D eigenvalue weighted by Gasteiger charge is 2.13. The Labute approximate surface area is 132 Å². The van der Waals surface area contributed by atoms with Gasteiger partial charge in [-0.2, -0.15) is 9.94 Å². The summed E-state index contributed by atoms with van der Waals surface area (Å²) in [5.41, 5.74) is 3.98. The molecule has 0 bridgehead atoms. The number of hydrogen-bond acceptors (Lipinski definition) is 5. The molecule has 0 saturated carbocycles. The molecule has 3 rings (SSSR count). The molecule has 0 spiro atoms. The molecular weight excluding hydrogens is 292 g/mol. The maximum atomic E-state index is 12.4. The first-order valence-corrected chi connectivity index (χ1v) is 7.18. The Kier molecular flexibility index (Phi) is 3.58. The maximum absolute atomic E-state index is 12.4. The fourth-order valence-electron chi connectivity index (χ4n) is 2.36. The topological polar surface area (TPSA) is 88.0 Å². The van der Waals surface area contributed by atoms with Crippen molar-refractivity contribution in [3.05, 3.63) is 51.6 Å². The van der Waals surface area contributed by atoms with E-state index in [4.69, 9.17) is 5.26 Å². The zero-order valence-electron chi connectivity index (χ0n) is 13.2. The average molecular weight is 308 g/mol. The summed E-state index contributed by atoms with van der Waals surface area (Å²) in [5, 5.41) is 16.1. The molecule has 0 aliphatic heterocycles. The van der Waals surface area contributed by atoms with E-state index in [-0.39, 0.29) is 12.2 Å². The van der Waals surface area contributed by atoms with Gasteiger partial charge in [-0.1, -0.05) is 6.07 Å². The van der Waals surface area contributed by atoms with Gasteiger partial charge in [-0.05, 0) is 44.0 Å². The molecule has 0 amide bonds. The first-order chi connectivity index (χ1) is 11.0. The lowest BCUT2D eigenvalue weighted by atomic mass is 10.1. The SMILES string of the molecule is Cc1cc2nn(CC#N)c(=O)n2c(Nc2ccc(C)c(C)c2)n1. The number of nitriles is 1. The van der Waals surface area contributed by atoms with Gasteiger partial charge < -0.3 is 5.32 Å². The van der Waals surface area contributed by atoms with Crippen LogP contribution in [0.4, 0.5) is 11.6 Å². The second kappa shape index (κ2) is 5.57. The highest BCUT2D eigenvalue weighted by Crippen LogP contribution is 2.19. The molecule has 7 heteroatoms. The Morgan fingerprint density at radius 3 is 2.70 bits per heavy atom. The minimum atomic E-state index is -0.389. The summed E-state index contributed by atoms with van der Waals surface area (Å²) >= 11 is 0. The van der Waals surface area contributed by atoms with E-state index in [9.17, 15) is 4.79 Å². The second-order valence-corrected chi connectivity index (χ2v) is 5.44. The van der Waals surface area contributed by atoms with Crippen molar-refractivity contribution in [2.75, 3.05) is 5.32 Å². The number of rotatable bonds is 3. The van der Waals surface area contributed by atoms with Crippen LogP contribution in [0.3, 0.4) is 0 Å². The Morgan fingerprint density at radius 2 is 2.00 bits per heavy atom. The van der Waals surface area contributed by atoms with Crippen molar-refractivity contribution in [3.8, 4) is 6.07 Å². The summed E-state index contributed by atoms with van der Waals surface area (Å²) in [4.78, 5) is 16.8. The van der Waals surface area contributed by atoms with E-state index in [1.54, 1.807) is 6.07 Å². The van der Waals surface area contributed by atoms with Crippen LogP contribution in [0.5, 0.6) is 0 Å². The fourth-order valence-corrected chi connectivity index (χ4v) is 2.36. The van der Waals surface area contributed by atoms with Gasteiger partial charge in [-0.15, -0.1) is 5.10 Å². The zero-order chi connectivity index (χ0) is 16.6. The highest BCUT2D eigenvalue weighted by molar-refractivity contribution is 5.58. The molecule has 1 aromatic carbocycles. The quantitative estimate of drug-likeness (QED) is 0.800. The monoisotopic (exact) mass is 308 g/mol. The van der Waals surface area contributed by atoms with E-state index >= 15 is 0 Å². The minimum absolute atomic E-state index is 0.0946. The number of aromatic nitrogens is 4. The van der Waals surface area contributed by atoms with E-state index in [2.05, 4.69) is 15.4 Å². The van der Waals surface area contributed by atoms with Crippen LogP contribution in [0.15, 0.2) is 29.1 Å². The van der Waals surface area contributed by atoms with E-state index in [0.29, 0.717) is 11.6 Å². The van der Waals surface area contributed by atoms with Crippen LogP contribution < -0.4 is 11.0 Å². The Bertz CT molecular complexity index is 992. The van der Waals surface area contributed by atoms with Gasteiger partial charge in [0.2, 0.25) is 5.95 Å². The van der Waals surface area contributed by atoms with Crippen LogP contribution in [-0.4, -0.2) is 19.2 Å². The predicted octanol–water partition coefficient (Wildman–Crippen LogP) is 2.08. The maximum Gasteiger partial charge on any atom is 0.354 e. The van der Waals surface area contributed by atoms with E-state index in [0.717, 1.165) is 21.6 Å². The van der Waals surface area contributed by atoms with Gasteiger partial charge in [0, 0.05) is 17.4 Å². The van der Waals surface area contributed by atoms with Crippen molar-refractivity contribution in [1.82, 2.24) is 19.2 Å². The third-order valence-electron chi connectivity index (χ3n) is 3.68. The molecule has 3 aromatic rings. The zero-order valence-corrected chi connectivity index (χ0v) is 13.2. The lowest BCUT2D eigenvalue weighted by molar-refractivity contribution is 0.679. The van der Waals surface area contributed by atoms with Crippen molar-refractivity contribution in [1.29, 1.82) is 5.26 Å². The molecule has 0 atom stereocenters. The predicted molar refractivity (Wildman–Crippen MR) is 86.8 cm³/mol. The van der Waals surface area contributed by atoms with Gasteiger partial charge in [0.1, 0.15) is 6.54 Å². The number of benzene rings is 1. The van der Waals surface area contributed by atoms with Crippen molar-refractivity contribution < 1.29 is 0 Å². The number of nitrogens with one attached hydrogen (secondary N) is 1. The number of aryl methyl sites for hydroxylation is 3. The Morgan fingerprint density at radius 1 is 1.22 bits per heavy atom. The summed E-state index contributed by atoms with van der Waals surface area (Å²) in [6.07, 6.45) is 0. The fraction of sp³-hybridized carbons (Fsp3) is 0.250. The van der Waals surface area contributed by atoms with Gasteiger partial charge in [0.25, 0.3) is 0 Å². The van der Waals surface area contributed by atoms with Crippen LogP contribution in [0.1, 0.15) is 16.8 Å². The van der Waals surface area contributed by atoms with Gasteiger partial charge in [-0.25, -0.2) is 14.2 Å². The normalized spacial score (nSPS) is 10.7. The average Bonchev–Trinajstić information content (AvgIpc) is 2.79. The van der Waals surface area contributed by atoms with Gasteiger partial charge >= 0.3 is 5.69 Å². The number of nitrogens with zero attached hydrogens (tertiary/aromatic N) is 5. The molecule has 7 nitrogen and oxygen atoms in total. The molecule has 0 unspecified atom stereocenters. The molecule has 23 heavy (non-hydrogen) atoms. The third-order valence-corrected chi connectivity index (χ3v) is 3.68. The van der Waals surface area contributed by atoms with Gasteiger partial charge in [0.05, 0.1) is 6.07 Å². The summed E-state index contributed by atoms with van der Waals surface area (Å²) in [6, 6.07) is 9.57. The first-order valence-electron chi connectivity index (χ1n) is 7.18. The number of hydrogen-bond donors (Lipinski definition) is 1. The molecule has 0 saturated heterocycles. The third kappa shape index (κ3) is 2.66. The minimum Gasteiger partial charge on any atom is -0.325 e. The highest BCUT2D eigenvalue weighted by atomic mass is 16.2. The second-order valence-electron chi connectivity index (χ2n) is 5.44. The van der Waals surface area contributed by atoms with Crippen LogP contribution in [0.2, 0.25) is 0 Å². The molecule has 0 fully saturated rings. The van der Waals surface area contributed by atoms with Crippen molar-refractivity contribution in [2.24, 2.45) is 0 Å². The van der Waals surface area contributed by atoms with E-state index < -0.39 is 0 Å². The molecule has 0 aliphatic rings. The molecular formula is C16H16N6O. The number of fused-ring (bicyclic) bond motifs is 1. The molecule has 2 aromatic heterocycles. The van der Waals surface area contributed by atoms with Crippen LogP contribution in [0.25, 0.3) is 5.65 Å². The van der Waals surface area contributed by atoms with E-state index in [1.165, 1.54) is 9.96 Å². The van der Waals surface area contributed by atoms with Gasteiger partial charge in [0.15, 0.2) is 5.65 Å². The number of anilines is 2. The Balaban J connectivity index is 2.14. The van der Waals surface area contributed by atoms with Crippen molar-refractivity contribution in [2.45, 2.75) is 27.3 Å². The summed E-state index contributed by atoms with van der Waals surface area (Å²) < 4.78 is 2.50. The molecule has 0 radical (unpaired) electrons. The lowest BCUT2D eigenvalue weighted by Gasteiger charge is -2.09. The summed E-state index contributed by atoms with van der Waals surface area (Å²) in [5.74, 6) is 0.387. The smallest absolute Gasteiger partial charge is 0.325 e.